The van der Waals surface area contributed by atoms with E-state index >= 15 is 0 Å². The molecule has 1 N–H and O–H groups in total. The number of thiazole rings is 2. The molecule has 2 fully saturated rings. The second-order valence-corrected chi connectivity index (χ2v) is 8.52. The third-order valence-electron chi connectivity index (χ3n) is 4.60. The van der Waals surface area contributed by atoms with Crippen LogP contribution in [-0.4, -0.2) is 52.4 Å². The molecule has 3 amide bonds. The second kappa shape index (κ2) is 6.79. The van der Waals surface area contributed by atoms with Crippen molar-refractivity contribution in [3.8, 4) is 0 Å². The van der Waals surface area contributed by atoms with Gasteiger partial charge in [0.25, 0.3) is 11.8 Å². The molecule has 11 heteroatoms. The van der Waals surface area contributed by atoms with Gasteiger partial charge in [-0.3, -0.25) is 9.69 Å². The van der Waals surface area contributed by atoms with Gasteiger partial charge in [-0.2, -0.15) is 0 Å². The molecule has 1 unspecified atom stereocenters. The fourth-order valence-electron chi connectivity index (χ4n) is 2.95. The number of hydrogen-bond donors (Lipinski definition) is 1. The maximum absolute atomic E-state index is 13.1. The van der Waals surface area contributed by atoms with E-state index < -0.39 is 11.8 Å². The quantitative estimate of drug-likeness (QED) is 0.790. The van der Waals surface area contributed by atoms with Crippen LogP contribution in [0.4, 0.5) is 18.7 Å². The van der Waals surface area contributed by atoms with Crippen LogP contribution < -0.4 is 10.2 Å². The third kappa shape index (κ3) is 3.65. The Morgan fingerprint density at radius 2 is 2.22 bits per heavy atom. The number of hydrogen-bond acceptors (Lipinski definition) is 6. The molecule has 2 aliphatic rings. The lowest BCUT2D eigenvalue weighted by Crippen LogP contribution is -2.33. The highest BCUT2D eigenvalue weighted by Gasteiger charge is 2.58. The van der Waals surface area contributed by atoms with E-state index in [4.69, 9.17) is 0 Å². The number of aromatic nitrogens is 2. The zero-order valence-corrected chi connectivity index (χ0v) is 16.1. The van der Waals surface area contributed by atoms with Crippen LogP contribution in [0.1, 0.15) is 26.8 Å². The van der Waals surface area contributed by atoms with Gasteiger partial charge < -0.3 is 10.2 Å². The van der Waals surface area contributed by atoms with E-state index in [1.54, 1.807) is 13.1 Å². The van der Waals surface area contributed by atoms with Gasteiger partial charge in [-0.15, -0.1) is 11.3 Å². The number of carbonyl (C=O) groups is 2. The largest absolute Gasteiger partial charge is 0.345 e. The maximum Gasteiger partial charge on any atom is 0.326 e. The van der Waals surface area contributed by atoms with Crippen molar-refractivity contribution in [3.63, 3.8) is 0 Å². The molecule has 2 aromatic heterocycles. The lowest BCUT2D eigenvalue weighted by atomic mass is 10.4. The molecular formula is C16H17F2N5O2S2. The average molecular weight is 413 g/mol. The number of alkyl halides is 2. The van der Waals surface area contributed by atoms with Crippen molar-refractivity contribution in [2.24, 2.45) is 5.92 Å². The maximum atomic E-state index is 13.1. The predicted octanol–water partition coefficient (Wildman–Crippen LogP) is 2.74. The summed E-state index contributed by atoms with van der Waals surface area (Å²) < 4.78 is 26.2. The van der Waals surface area contributed by atoms with Crippen molar-refractivity contribution >= 4 is 39.7 Å². The summed E-state index contributed by atoms with van der Waals surface area (Å²) in [6, 6.07) is -0.332. The topological polar surface area (TPSA) is 78.4 Å². The third-order valence-corrected chi connectivity index (χ3v) is 6.56. The molecule has 1 atom stereocenters. The molecule has 0 spiro atoms. The molecule has 3 heterocycles. The van der Waals surface area contributed by atoms with E-state index in [0.29, 0.717) is 35.3 Å². The van der Waals surface area contributed by atoms with E-state index in [9.17, 15) is 18.4 Å². The fourth-order valence-corrected chi connectivity index (χ4v) is 4.51. The van der Waals surface area contributed by atoms with Crippen LogP contribution in [0.5, 0.6) is 0 Å². The summed E-state index contributed by atoms with van der Waals surface area (Å²) in [6.07, 6.45) is 1.51. The molecule has 27 heavy (non-hydrogen) atoms. The molecule has 0 radical (unpaired) electrons. The molecule has 2 aromatic rings. The molecule has 0 bridgehead atoms. The van der Waals surface area contributed by atoms with Crippen LogP contribution in [-0.2, 0) is 6.54 Å². The van der Waals surface area contributed by atoms with Crippen molar-refractivity contribution < 1.29 is 18.4 Å². The van der Waals surface area contributed by atoms with Crippen molar-refractivity contribution in [2.45, 2.75) is 25.8 Å². The SMILES string of the molecule is Cc1nc(N2CCN(CC3CC3(F)F)C2=O)sc1C(=O)NCc1nccs1. The van der Waals surface area contributed by atoms with Crippen LogP contribution in [0.15, 0.2) is 11.6 Å². The molecule has 0 aromatic carbocycles. The molecule has 1 aliphatic heterocycles. The molecule has 7 nitrogen and oxygen atoms in total. The predicted molar refractivity (Wildman–Crippen MR) is 97.5 cm³/mol. The summed E-state index contributed by atoms with van der Waals surface area (Å²) >= 11 is 2.58. The lowest BCUT2D eigenvalue weighted by molar-refractivity contribution is 0.0922. The first-order valence-electron chi connectivity index (χ1n) is 8.43. The van der Waals surface area contributed by atoms with Gasteiger partial charge in [-0.1, -0.05) is 11.3 Å². The van der Waals surface area contributed by atoms with Gasteiger partial charge in [0.2, 0.25) is 0 Å². The number of rotatable bonds is 6. The highest BCUT2D eigenvalue weighted by molar-refractivity contribution is 7.17. The highest BCUT2D eigenvalue weighted by Crippen LogP contribution is 2.49. The van der Waals surface area contributed by atoms with Gasteiger partial charge in [0.1, 0.15) is 9.88 Å². The summed E-state index contributed by atoms with van der Waals surface area (Å²) in [5, 5.41) is 5.84. The van der Waals surface area contributed by atoms with E-state index in [0.717, 1.165) is 16.3 Å². The number of halogens is 2. The summed E-state index contributed by atoms with van der Waals surface area (Å²) in [5.74, 6) is -3.66. The monoisotopic (exact) mass is 413 g/mol. The Kier molecular flexibility index (Phi) is 4.58. The summed E-state index contributed by atoms with van der Waals surface area (Å²) in [4.78, 5) is 36.7. The molecule has 144 valence electrons. The van der Waals surface area contributed by atoms with Gasteiger partial charge in [-0.05, 0) is 6.92 Å². The summed E-state index contributed by atoms with van der Waals surface area (Å²) in [7, 11) is 0. The number of amides is 3. The lowest BCUT2D eigenvalue weighted by Gasteiger charge is -2.16. The van der Waals surface area contributed by atoms with Crippen molar-refractivity contribution in [2.75, 3.05) is 24.5 Å². The Morgan fingerprint density at radius 3 is 2.89 bits per heavy atom. The van der Waals surface area contributed by atoms with E-state index in [1.807, 2.05) is 5.38 Å². The zero-order chi connectivity index (χ0) is 19.2. The number of urea groups is 1. The minimum absolute atomic E-state index is 0.0633. The Balaban J connectivity index is 1.40. The van der Waals surface area contributed by atoms with Crippen molar-refractivity contribution in [1.82, 2.24) is 20.2 Å². The minimum atomic E-state index is -2.64. The Hall–Kier alpha value is -2.14. The van der Waals surface area contributed by atoms with Gasteiger partial charge in [0.05, 0.1) is 12.2 Å². The van der Waals surface area contributed by atoms with Crippen LogP contribution in [0.25, 0.3) is 0 Å². The number of aryl methyl sites for hydroxylation is 1. The standard InChI is InChI=1S/C16H17F2N5O2S2/c1-9-12(13(24)20-7-11-19-2-5-26-11)27-14(21-9)23-4-3-22(15(23)25)8-10-6-16(10,17)18/h2,5,10H,3-4,6-8H2,1H3,(H,20,24). The van der Waals surface area contributed by atoms with Gasteiger partial charge in [0, 0.05) is 43.5 Å². The van der Waals surface area contributed by atoms with E-state index in [1.165, 1.54) is 21.1 Å². The Morgan fingerprint density at radius 1 is 1.44 bits per heavy atom. The number of carbonyl (C=O) groups excluding carboxylic acids is 2. The number of anilines is 1. The van der Waals surface area contributed by atoms with E-state index in [-0.39, 0.29) is 24.9 Å². The van der Waals surface area contributed by atoms with Gasteiger partial charge >= 0.3 is 6.03 Å². The van der Waals surface area contributed by atoms with Crippen molar-refractivity contribution in [1.29, 1.82) is 0 Å². The molecule has 1 aliphatic carbocycles. The molecular weight excluding hydrogens is 396 g/mol. The molecule has 1 saturated heterocycles. The van der Waals surface area contributed by atoms with Crippen LogP contribution in [0.2, 0.25) is 0 Å². The Labute approximate surface area is 162 Å². The minimum Gasteiger partial charge on any atom is -0.345 e. The number of nitrogens with one attached hydrogen (secondary N) is 1. The fraction of sp³-hybridized carbons (Fsp3) is 0.500. The summed E-state index contributed by atoms with van der Waals surface area (Å²) in [5.41, 5.74) is 0.534. The van der Waals surface area contributed by atoms with Crippen LogP contribution in [0.3, 0.4) is 0 Å². The zero-order valence-electron chi connectivity index (χ0n) is 14.4. The normalized spacial score (nSPS) is 21.0. The smallest absolute Gasteiger partial charge is 0.326 e. The molecule has 1 saturated carbocycles. The molecule has 4 rings (SSSR count). The second-order valence-electron chi connectivity index (χ2n) is 6.56. The number of nitrogens with zero attached hydrogens (tertiary/aromatic N) is 4. The highest BCUT2D eigenvalue weighted by atomic mass is 32.1. The van der Waals surface area contributed by atoms with Crippen LogP contribution in [0, 0.1) is 12.8 Å². The Bertz CT molecular complexity index is 870. The van der Waals surface area contributed by atoms with Crippen LogP contribution >= 0.6 is 22.7 Å². The first-order chi connectivity index (χ1) is 12.8. The van der Waals surface area contributed by atoms with Gasteiger partial charge in [-0.25, -0.2) is 23.5 Å². The average Bonchev–Trinajstić information content (AvgIpc) is 3.09. The van der Waals surface area contributed by atoms with Crippen molar-refractivity contribution in [3.05, 3.63) is 27.2 Å². The first kappa shape index (κ1) is 18.2. The van der Waals surface area contributed by atoms with E-state index in [2.05, 4.69) is 15.3 Å². The summed E-state index contributed by atoms with van der Waals surface area (Å²) in [6.45, 7) is 2.87. The van der Waals surface area contributed by atoms with Gasteiger partial charge in [0.15, 0.2) is 5.13 Å². The first-order valence-corrected chi connectivity index (χ1v) is 10.1.